The molecule has 1 saturated carbocycles. The van der Waals surface area contributed by atoms with Crippen molar-refractivity contribution in [2.24, 2.45) is 0 Å². The van der Waals surface area contributed by atoms with Crippen molar-refractivity contribution in [2.75, 3.05) is 20.3 Å². The highest BCUT2D eigenvalue weighted by molar-refractivity contribution is 5.14. The maximum absolute atomic E-state index is 12.0. The molecule has 1 aliphatic heterocycles. The first-order valence-electron chi connectivity index (χ1n) is 7.48. The fraction of sp³-hybridized carbons (Fsp3) is 0.733. The first kappa shape index (κ1) is 13.8. The van der Waals surface area contributed by atoms with E-state index < -0.39 is 5.60 Å². The Balaban J connectivity index is 1.97. The zero-order chi connectivity index (χ0) is 14.0. The second-order valence-electron chi connectivity index (χ2n) is 5.81. The Hall–Kier alpha value is -1.20. The lowest BCUT2D eigenvalue weighted by atomic mass is 9.92. The van der Waals surface area contributed by atoms with Gasteiger partial charge in [-0.3, -0.25) is 4.79 Å². The molecule has 2 fully saturated rings. The third-order valence-electron chi connectivity index (χ3n) is 4.66. The molecular weight excluding hydrogens is 256 g/mol. The SMILES string of the molecule is COC1(c2nc(C3CCCC3)cc(=O)[nH]2)CCOCC1. The third-order valence-corrected chi connectivity index (χ3v) is 4.66. The van der Waals surface area contributed by atoms with Crippen LogP contribution in [0, 0.1) is 0 Å². The number of hydrogen-bond acceptors (Lipinski definition) is 4. The van der Waals surface area contributed by atoms with E-state index in [0.717, 1.165) is 31.4 Å². The van der Waals surface area contributed by atoms with E-state index >= 15 is 0 Å². The Morgan fingerprint density at radius 3 is 2.70 bits per heavy atom. The number of nitrogens with zero attached hydrogens (tertiary/aromatic N) is 1. The van der Waals surface area contributed by atoms with Gasteiger partial charge in [-0.1, -0.05) is 12.8 Å². The predicted octanol–water partition coefficient (Wildman–Crippen LogP) is 2.08. The molecule has 0 amide bonds. The fourth-order valence-corrected chi connectivity index (χ4v) is 3.36. The largest absolute Gasteiger partial charge is 0.381 e. The lowest BCUT2D eigenvalue weighted by molar-refractivity contribution is -0.100. The van der Waals surface area contributed by atoms with Crippen LogP contribution in [0.2, 0.25) is 0 Å². The maximum Gasteiger partial charge on any atom is 0.251 e. The number of ether oxygens (including phenoxy) is 2. The van der Waals surface area contributed by atoms with Crippen LogP contribution in [0.3, 0.4) is 0 Å². The highest BCUT2D eigenvalue weighted by Crippen LogP contribution is 2.36. The molecule has 1 aromatic rings. The van der Waals surface area contributed by atoms with Crippen molar-refractivity contribution < 1.29 is 9.47 Å². The number of aromatic nitrogens is 2. The quantitative estimate of drug-likeness (QED) is 0.919. The van der Waals surface area contributed by atoms with Crippen molar-refractivity contribution in [1.82, 2.24) is 9.97 Å². The van der Waals surface area contributed by atoms with Gasteiger partial charge >= 0.3 is 0 Å². The molecule has 1 N–H and O–H groups in total. The number of nitrogens with one attached hydrogen (secondary N) is 1. The standard InChI is InChI=1S/C15H22N2O3/c1-19-15(6-8-20-9-7-15)14-16-12(10-13(18)17-14)11-4-2-3-5-11/h10-11H,2-9H2,1H3,(H,16,17,18). The van der Waals surface area contributed by atoms with Crippen LogP contribution >= 0.6 is 0 Å². The molecule has 0 aromatic carbocycles. The minimum atomic E-state index is -0.494. The molecule has 0 radical (unpaired) electrons. The number of methoxy groups -OCH3 is 1. The molecule has 1 aliphatic carbocycles. The smallest absolute Gasteiger partial charge is 0.251 e. The minimum Gasteiger partial charge on any atom is -0.381 e. The highest BCUT2D eigenvalue weighted by atomic mass is 16.5. The molecular formula is C15H22N2O3. The normalized spacial score (nSPS) is 23.1. The van der Waals surface area contributed by atoms with Gasteiger partial charge in [0.05, 0.1) is 5.69 Å². The molecule has 0 atom stereocenters. The van der Waals surface area contributed by atoms with Crippen molar-refractivity contribution in [1.29, 1.82) is 0 Å². The lowest BCUT2D eigenvalue weighted by Crippen LogP contribution is -2.39. The Bertz CT molecular complexity index is 514. The van der Waals surface area contributed by atoms with Gasteiger partial charge in [-0.15, -0.1) is 0 Å². The van der Waals surface area contributed by atoms with Crippen LogP contribution in [-0.2, 0) is 15.1 Å². The summed E-state index contributed by atoms with van der Waals surface area (Å²) in [5, 5.41) is 0. The van der Waals surface area contributed by atoms with Crippen LogP contribution in [-0.4, -0.2) is 30.3 Å². The van der Waals surface area contributed by atoms with Crippen molar-refractivity contribution in [3.8, 4) is 0 Å². The van der Waals surface area contributed by atoms with Gasteiger partial charge in [0.25, 0.3) is 5.56 Å². The molecule has 5 nitrogen and oxygen atoms in total. The first-order valence-corrected chi connectivity index (χ1v) is 7.48. The van der Waals surface area contributed by atoms with E-state index in [1.165, 1.54) is 12.8 Å². The van der Waals surface area contributed by atoms with E-state index in [4.69, 9.17) is 14.5 Å². The minimum absolute atomic E-state index is 0.0696. The summed E-state index contributed by atoms with van der Waals surface area (Å²) < 4.78 is 11.1. The van der Waals surface area contributed by atoms with Gasteiger partial charge < -0.3 is 14.5 Å². The molecule has 2 heterocycles. The molecule has 0 unspecified atom stereocenters. The van der Waals surface area contributed by atoms with Gasteiger partial charge in [0.15, 0.2) is 0 Å². The third kappa shape index (κ3) is 2.52. The summed E-state index contributed by atoms with van der Waals surface area (Å²) in [5.41, 5.74) is 0.371. The molecule has 20 heavy (non-hydrogen) atoms. The van der Waals surface area contributed by atoms with Crippen molar-refractivity contribution >= 4 is 0 Å². The number of aromatic amines is 1. The van der Waals surface area contributed by atoms with Crippen molar-refractivity contribution in [3.63, 3.8) is 0 Å². The summed E-state index contributed by atoms with van der Waals surface area (Å²) >= 11 is 0. The summed E-state index contributed by atoms with van der Waals surface area (Å²) in [6, 6.07) is 1.65. The zero-order valence-electron chi connectivity index (χ0n) is 12.0. The average Bonchev–Trinajstić information content (AvgIpc) is 3.01. The molecule has 5 heteroatoms. The number of H-pyrrole nitrogens is 1. The van der Waals surface area contributed by atoms with Gasteiger partial charge in [-0.25, -0.2) is 4.98 Å². The lowest BCUT2D eigenvalue weighted by Gasteiger charge is -2.35. The molecule has 0 spiro atoms. The van der Waals surface area contributed by atoms with Crippen LogP contribution in [0.4, 0.5) is 0 Å². The Morgan fingerprint density at radius 2 is 2.05 bits per heavy atom. The van der Waals surface area contributed by atoms with E-state index in [2.05, 4.69) is 4.98 Å². The molecule has 1 saturated heterocycles. The van der Waals surface area contributed by atoms with Crippen LogP contribution in [0.25, 0.3) is 0 Å². The molecule has 3 rings (SSSR count). The summed E-state index contributed by atoms with van der Waals surface area (Å²) in [6.07, 6.45) is 6.22. The van der Waals surface area contributed by atoms with E-state index in [-0.39, 0.29) is 5.56 Å². The van der Waals surface area contributed by atoms with E-state index in [9.17, 15) is 4.79 Å². The Kier molecular flexibility index (Phi) is 3.89. The summed E-state index contributed by atoms with van der Waals surface area (Å²) in [6.45, 7) is 1.29. The highest BCUT2D eigenvalue weighted by Gasteiger charge is 2.37. The number of hydrogen-bond donors (Lipinski definition) is 1. The second-order valence-corrected chi connectivity index (χ2v) is 5.81. The zero-order valence-corrected chi connectivity index (χ0v) is 12.0. The van der Waals surface area contributed by atoms with Gasteiger partial charge in [-0.2, -0.15) is 0 Å². The maximum atomic E-state index is 12.0. The summed E-state index contributed by atoms with van der Waals surface area (Å²) in [4.78, 5) is 19.6. The van der Waals surface area contributed by atoms with E-state index in [1.54, 1.807) is 13.2 Å². The average molecular weight is 278 g/mol. The van der Waals surface area contributed by atoms with Crippen LogP contribution in [0.5, 0.6) is 0 Å². The number of rotatable bonds is 3. The van der Waals surface area contributed by atoms with E-state index in [1.807, 2.05) is 0 Å². The topological polar surface area (TPSA) is 64.2 Å². The van der Waals surface area contributed by atoms with Gasteiger partial charge in [0.1, 0.15) is 11.4 Å². The molecule has 1 aromatic heterocycles. The molecule has 2 aliphatic rings. The van der Waals surface area contributed by atoms with Crippen molar-refractivity contribution in [2.45, 2.75) is 50.0 Å². The van der Waals surface area contributed by atoms with Crippen molar-refractivity contribution in [3.05, 3.63) is 27.9 Å². The predicted molar refractivity (Wildman–Crippen MR) is 74.8 cm³/mol. The Labute approximate surface area is 118 Å². The molecule has 0 bridgehead atoms. The Morgan fingerprint density at radius 1 is 1.35 bits per heavy atom. The fourth-order valence-electron chi connectivity index (χ4n) is 3.36. The van der Waals surface area contributed by atoms with Gasteiger partial charge in [0, 0.05) is 45.1 Å². The van der Waals surface area contributed by atoms with E-state index in [0.29, 0.717) is 25.0 Å². The summed E-state index contributed by atoms with van der Waals surface area (Å²) in [5.74, 6) is 1.11. The van der Waals surface area contributed by atoms with Gasteiger partial charge in [-0.05, 0) is 12.8 Å². The van der Waals surface area contributed by atoms with Crippen LogP contribution < -0.4 is 5.56 Å². The van der Waals surface area contributed by atoms with Gasteiger partial charge in [0.2, 0.25) is 0 Å². The second kappa shape index (κ2) is 5.66. The van der Waals surface area contributed by atoms with Crippen LogP contribution in [0.15, 0.2) is 10.9 Å². The van der Waals surface area contributed by atoms with Crippen LogP contribution in [0.1, 0.15) is 56.0 Å². The summed E-state index contributed by atoms with van der Waals surface area (Å²) in [7, 11) is 1.69. The monoisotopic (exact) mass is 278 g/mol. The first-order chi connectivity index (χ1) is 9.73. The molecule has 110 valence electrons.